The number of nitrogens with zero attached hydrogens (tertiary/aromatic N) is 8. The van der Waals surface area contributed by atoms with Gasteiger partial charge in [-0.3, -0.25) is 9.47 Å². The van der Waals surface area contributed by atoms with Crippen LogP contribution in [-0.2, 0) is 22.9 Å². The average Bonchev–Trinajstić information content (AvgIpc) is 3.05. The SMILES string of the molecule is Cc1nccc(N2CC3(C2)CN(c2nnc4n2-c2ccc(Cl)cc2CN(C2CS(=O)(=O)C2)C4)C3)n1. The van der Waals surface area contributed by atoms with E-state index in [2.05, 4.69) is 39.4 Å². The third kappa shape index (κ3) is 3.51. The van der Waals surface area contributed by atoms with Crippen LogP contribution in [0.2, 0.25) is 5.02 Å². The van der Waals surface area contributed by atoms with Gasteiger partial charge in [-0.1, -0.05) is 11.6 Å². The fourth-order valence-electron chi connectivity index (χ4n) is 5.87. The Morgan fingerprint density at radius 2 is 1.80 bits per heavy atom. The Morgan fingerprint density at radius 1 is 1.03 bits per heavy atom. The Labute approximate surface area is 208 Å². The Bertz CT molecular complexity index is 1430. The highest BCUT2D eigenvalue weighted by Gasteiger charge is 2.53. The molecule has 6 heterocycles. The maximum atomic E-state index is 11.8. The molecule has 10 nitrogen and oxygen atoms in total. The quantitative estimate of drug-likeness (QED) is 0.516. The van der Waals surface area contributed by atoms with Crippen LogP contribution < -0.4 is 9.80 Å². The summed E-state index contributed by atoms with van der Waals surface area (Å²) in [6.45, 7) is 6.87. The third-order valence-corrected chi connectivity index (χ3v) is 9.62. The fraction of sp³-hybridized carbons (Fsp3) is 0.478. The van der Waals surface area contributed by atoms with Gasteiger partial charge >= 0.3 is 0 Å². The minimum Gasteiger partial charge on any atom is -0.355 e. The van der Waals surface area contributed by atoms with Gasteiger partial charge in [-0.05, 0) is 36.8 Å². The number of benzene rings is 1. The van der Waals surface area contributed by atoms with E-state index in [1.165, 1.54) is 0 Å². The first-order valence-corrected chi connectivity index (χ1v) is 13.9. The number of halogens is 1. The summed E-state index contributed by atoms with van der Waals surface area (Å²) in [5.74, 6) is 3.84. The molecule has 0 aliphatic carbocycles. The first-order valence-electron chi connectivity index (χ1n) is 11.7. The molecule has 0 atom stereocenters. The van der Waals surface area contributed by atoms with Gasteiger partial charge in [0, 0.05) is 55.4 Å². The second-order valence-corrected chi connectivity index (χ2v) is 12.9. The standard InChI is InChI=1S/C23H25ClN8O2S/c1-15-25-5-4-20(26-15)30-11-23(12-30)13-31(14-23)22-28-27-21-8-29(18-9-35(33,34)10-18)7-16-6-17(24)2-3-19(16)32(21)22/h2-6,18H,7-14H2,1H3. The van der Waals surface area contributed by atoms with Gasteiger partial charge in [0.1, 0.15) is 11.6 Å². The van der Waals surface area contributed by atoms with E-state index in [9.17, 15) is 8.42 Å². The molecule has 1 spiro atoms. The zero-order valence-electron chi connectivity index (χ0n) is 19.3. The Hall–Kier alpha value is -2.76. The summed E-state index contributed by atoms with van der Waals surface area (Å²) in [4.78, 5) is 15.5. The van der Waals surface area contributed by atoms with E-state index in [1.54, 1.807) is 0 Å². The van der Waals surface area contributed by atoms with Gasteiger partial charge in [-0.2, -0.15) is 0 Å². The monoisotopic (exact) mass is 512 g/mol. The van der Waals surface area contributed by atoms with Gasteiger partial charge < -0.3 is 9.80 Å². The highest BCUT2D eigenvalue weighted by Crippen LogP contribution is 2.44. The van der Waals surface area contributed by atoms with Crippen LogP contribution >= 0.6 is 11.6 Å². The van der Waals surface area contributed by atoms with Gasteiger partial charge in [0.15, 0.2) is 15.7 Å². The van der Waals surface area contributed by atoms with Crippen LogP contribution in [-0.4, -0.2) is 81.8 Å². The Morgan fingerprint density at radius 3 is 2.54 bits per heavy atom. The van der Waals surface area contributed by atoms with Crippen molar-refractivity contribution in [2.24, 2.45) is 5.41 Å². The van der Waals surface area contributed by atoms with E-state index in [0.29, 0.717) is 18.1 Å². The van der Waals surface area contributed by atoms with Crippen molar-refractivity contribution >= 4 is 33.2 Å². The van der Waals surface area contributed by atoms with Crippen molar-refractivity contribution in [1.29, 1.82) is 0 Å². The highest BCUT2D eigenvalue weighted by molar-refractivity contribution is 7.92. The molecule has 4 aliphatic rings. The molecule has 3 fully saturated rings. The minimum atomic E-state index is -2.93. The lowest BCUT2D eigenvalue weighted by molar-refractivity contribution is 0.153. The molecular weight excluding hydrogens is 488 g/mol. The summed E-state index contributed by atoms with van der Waals surface area (Å²) in [5.41, 5.74) is 2.32. The second-order valence-electron chi connectivity index (χ2n) is 10.3. The van der Waals surface area contributed by atoms with Crippen LogP contribution in [0.4, 0.5) is 11.8 Å². The van der Waals surface area contributed by atoms with Crippen molar-refractivity contribution in [3.8, 4) is 5.69 Å². The van der Waals surface area contributed by atoms with Gasteiger partial charge in [-0.15, -0.1) is 10.2 Å². The summed E-state index contributed by atoms with van der Waals surface area (Å²) in [6, 6.07) is 7.85. The van der Waals surface area contributed by atoms with E-state index >= 15 is 0 Å². The molecule has 0 N–H and O–H groups in total. The van der Waals surface area contributed by atoms with E-state index < -0.39 is 9.84 Å². The summed E-state index contributed by atoms with van der Waals surface area (Å²) in [5, 5.41) is 9.81. The van der Waals surface area contributed by atoms with Crippen molar-refractivity contribution in [2.45, 2.75) is 26.1 Å². The fourth-order valence-corrected chi connectivity index (χ4v) is 7.56. The van der Waals surface area contributed by atoms with Crippen molar-refractivity contribution in [3.05, 3.63) is 52.7 Å². The first kappa shape index (κ1) is 21.5. The van der Waals surface area contributed by atoms with Crippen LogP contribution in [0, 0.1) is 12.3 Å². The molecule has 0 unspecified atom stereocenters. The van der Waals surface area contributed by atoms with Crippen molar-refractivity contribution < 1.29 is 8.42 Å². The largest absolute Gasteiger partial charge is 0.355 e. The number of sulfone groups is 1. The molecule has 1 aromatic carbocycles. The topological polar surface area (TPSA) is 100 Å². The molecule has 3 aromatic rings. The molecule has 4 aliphatic heterocycles. The van der Waals surface area contributed by atoms with E-state index in [0.717, 1.165) is 60.8 Å². The van der Waals surface area contributed by atoms with Crippen LogP contribution in [0.5, 0.6) is 0 Å². The number of hydrogen-bond acceptors (Lipinski definition) is 9. The molecule has 12 heteroatoms. The minimum absolute atomic E-state index is 0.00259. The second kappa shape index (κ2) is 7.37. The van der Waals surface area contributed by atoms with Crippen molar-refractivity contribution in [3.63, 3.8) is 0 Å². The lowest BCUT2D eigenvalue weighted by Crippen LogP contribution is -2.73. The average molecular weight is 513 g/mol. The van der Waals surface area contributed by atoms with Crippen LogP contribution in [0.15, 0.2) is 30.5 Å². The predicted octanol–water partition coefficient (Wildman–Crippen LogP) is 1.46. The van der Waals surface area contributed by atoms with Crippen LogP contribution in [0.3, 0.4) is 0 Å². The number of aromatic nitrogens is 5. The predicted molar refractivity (Wildman–Crippen MR) is 132 cm³/mol. The lowest BCUT2D eigenvalue weighted by atomic mass is 9.73. The zero-order valence-corrected chi connectivity index (χ0v) is 20.9. The number of rotatable bonds is 3. The molecule has 0 radical (unpaired) electrons. The number of hydrogen-bond donors (Lipinski definition) is 0. The molecule has 2 aromatic heterocycles. The Kier molecular flexibility index (Phi) is 4.53. The molecule has 7 rings (SSSR count). The smallest absolute Gasteiger partial charge is 0.231 e. The maximum Gasteiger partial charge on any atom is 0.231 e. The zero-order chi connectivity index (χ0) is 23.9. The number of aryl methyl sites for hydroxylation is 1. The van der Waals surface area contributed by atoms with Gasteiger partial charge in [0.05, 0.1) is 23.7 Å². The lowest BCUT2D eigenvalue weighted by Gasteiger charge is -2.60. The van der Waals surface area contributed by atoms with Crippen LogP contribution in [0.25, 0.3) is 5.69 Å². The highest BCUT2D eigenvalue weighted by atomic mass is 35.5. The van der Waals surface area contributed by atoms with Gasteiger partial charge in [-0.25, -0.2) is 18.4 Å². The molecule has 182 valence electrons. The maximum absolute atomic E-state index is 11.8. The summed E-state index contributed by atoms with van der Waals surface area (Å²) in [7, 11) is -2.93. The summed E-state index contributed by atoms with van der Waals surface area (Å²) in [6.07, 6.45) is 1.81. The van der Waals surface area contributed by atoms with Crippen molar-refractivity contribution in [1.82, 2.24) is 29.6 Å². The normalized spacial score (nSPS) is 22.6. The van der Waals surface area contributed by atoms with Gasteiger partial charge in [0.2, 0.25) is 5.95 Å². The van der Waals surface area contributed by atoms with Crippen LogP contribution in [0.1, 0.15) is 17.2 Å². The number of fused-ring (bicyclic) bond motifs is 3. The number of anilines is 2. The molecular formula is C23H25ClN8O2S. The first-order chi connectivity index (χ1) is 16.8. The summed E-state index contributed by atoms with van der Waals surface area (Å²) >= 11 is 6.35. The van der Waals surface area contributed by atoms with E-state index in [4.69, 9.17) is 11.6 Å². The van der Waals surface area contributed by atoms with Crippen molar-refractivity contribution in [2.75, 3.05) is 47.5 Å². The molecule has 0 amide bonds. The Balaban J connectivity index is 1.14. The molecule has 35 heavy (non-hydrogen) atoms. The van der Waals surface area contributed by atoms with E-state index in [1.807, 2.05) is 37.4 Å². The van der Waals surface area contributed by atoms with Gasteiger partial charge in [0.25, 0.3) is 0 Å². The summed E-state index contributed by atoms with van der Waals surface area (Å²) < 4.78 is 25.8. The molecule has 3 saturated heterocycles. The molecule has 0 saturated carbocycles. The van der Waals surface area contributed by atoms with E-state index in [-0.39, 0.29) is 23.0 Å². The molecule has 0 bridgehead atoms. The third-order valence-electron chi connectivity index (χ3n) is 7.60.